The highest BCUT2D eigenvalue weighted by atomic mass is 16.2. The van der Waals surface area contributed by atoms with Crippen LogP contribution in [0.5, 0.6) is 0 Å². The van der Waals surface area contributed by atoms with Gasteiger partial charge in [0.2, 0.25) is 0 Å². The van der Waals surface area contributed by atoms with Gasteiger partial charge in [0, 0.05) is 51.0 Å². The van der Waals surface area contributed by atoms with Crippen LogP contribution in [-0.4, -0.2) is 83.8 Å². The zero-order valence-corrected chi connectivity index (χ0v) is 18.0. The van der Waals surface area contributed by atoms with Crippen LogP contribution >= 0.6 is 0 Å². The molecule has 1 fully saturated rings. The average Bonchev–Trinajstić information content (AvgIpc) is 3.32. The van der Waals surface area contributed by atoms with E-state index in [1.165, 1.54) is 11.3 Å². The fraction of sp³-hybridized carbons (Fsp3) is 0.565. The van der Waals surface area contributed by atoms with Crippen molar-refractivity contribution in [3.8, 4) is 5.69 Å². The Bertz CT molecular complexity index is 849. The van der Waals surface area contributed by atoms with E-state index in [1.54, 1.807) is 0 Å². The lowest BCUT2D eigenvalue weighted by Crippen LogP contribution is -2.45. The molecular weight excluding hydrogens is 362 g/mol. The van der Waals surface area contributed by atoms with Gasteiger partial charge in [-0.25, -0.2) is 4.68 Å². The van der Waals surface area contributed by atoms with E-state index in [0.29, 0.717) is 5.69 Å². The van der Waals surface area contributed by atoms with E-state index in [2.05, 4.69) is 48.0 Å². The summed E-state index contributed by atoms with van der Waals surface area (Å²) >= 11 is 0. The largest absolute Gasteiger partial charge is 0.340 e. The molecule has 29 heavy (non-hydrogen) atoms. The molecule has 2 heterocycles. The first-order chi connectivity index (χ1) is 14.0. The minimum atomic E-state index is 0.0624. The molecular formula is C23H33N5O. The number of amides is 1. The number of nitrogens with zero attached hydrogens (tertiary/aromatic N) is 5. The Labute approximate surface area is 174 Å². The average molecular weight is 396 g/mol. The van der Waals surface area contributed by atoms with Crippen LogP contribution in [-0.2, 0) is 12.8 Å². The number of aryl methyl sites for hydroxylation is 1. The van der Waals surface area contributed by atoms with Crippen molar-refractivity contribution in [1.82, 2.24) is 24.5 Å². The lowest BCUT2D eigenvalue weighted by molar-refractivity contribution is 0.0776. The first-order valence-electron chi connectivity index (χ1n) is 10.9. The summed E-state index contributed by atoms with van der Waals surface area (Å²) in [5.41, 5.74) is 5.30. The number of fused-ring (bicyclic) bond motifs is 1. The van der Waals surface area contributed by atoms with Crippen LogP contribution in [0.1, 0.15) is 40.2 Å². The zero-order chi connectivity index (χ0) is 20.4. The smallest absolute Gasteiger partial charge is 0.274 e. The summed E-state index contributed by atoms with van der Waals surface area (Å²) in [4.78, 5) is 19.9. The third kappa shape index (κ3) is 4.38. The fourth-order valence-corrected chi connectivity index (χ4v) is 4.39. The van der Waals surface area contributed by atoms with Crippen molar-refractivity contribution in [2.75, 3.05) is 53.4 Å². The summed E-state index contributed by atoms with van der Waals surface area (Å²) in [7, 11) is 4.09. The van der Waals surface area contributed by atoms with Gasteiger partial charge in [-0.2, -0.15) is 5.10 Å². The van der Waals surface area contributed by atoms with Gasteiger partial charge in [0.05, 0.1) is 5.69 Å². The van der Waals surface area contributed by atoms with Crippen LogP contribution in [0.25, 0.3) is 5.69 Å². The molecule has 2 aliphatic rings. The molecule has 1 aliphatic heterocycles. The SMILES string of the molecule is Cc1ccc(-n2nc(C(=O)N(C)CCCN3CCN(C)CC3)c3c2CCC3)cc1. The molecule has 1 aliphatic carbocycles. The normalized spacial score (nSPS) is 17.5. The summed E-state index contributed by atoms with van der Waals surface area (Å²) < 4.78 is 1.99. The minimum absolute atomic E-state index is 0.0624. The van der Waals surface area contributed by atoms with Gasteiger partial charge >= 0.3 is 0 Å². The van der Waals surface area contributed by atoms with Crippen LogP contribution in [0.15, 0.2) is 24.3 Å². The molecule has 0 atom stereocenters. The second-order valence-corrected chi connectivity index (χ2v) is 8.60. The lowest BCUT2D eigenvalue weighted by Gasteiger charge is -2.32. The van der Waals surface area contributed by atoms with Crippen molar-refractivity contribution < 1.29 is 4.79 Å². The first kappa shape index (κ1) is 20.1. The third-order valence-electron chi connectivity index (χ3n) is 6.32. The van der Waals surface area contributed by atoms with Gasteiger partial charge in [0.25, 0.3) is 5.91 Å². The van der Waals surface area contributed by atoms with Gasteiger partial charge in [-0.15, -0.1) is 0 Å². The summed E-state index contributed by atoms with van der Waals surface area (Å²) in [5, 5.41) is 4.77. The van der Waals surface area contributed by atoms with Crippen LogP contribution in [0, 0.1) is 6.92 Å². The van der Waals surface area contributed by atoms with E-state index in [4.69, 9.17) is 5.10 Å². The Balaban J connectivity index is 1.42. The maximum absolute atomic E-state index is 13.2. The Morgan fingerprint density at radius 1 is 1.10 bits per heavy atom. The predicted octanol–water partition coefficient (Wildman–Crippen LogP) is 2.38. The molecule has 1 aromatic carbocycles. The Hall–Kier alpha value is -2.18. The van der Waals surface area contributed by atoms with Crippen molar-refractivity contribution in [3.05, 3.63) is 46.8 Å². The van der Waals surface area contributed by atoms with Crippen LogP contribution in [0.4, 0.5) is 0 Å². The molecule has 1 aromatic heterocycles. The predicted molar refractivity (Wildman–Crippen MR) is 116 cm³/mol. The monoisotopic (exact) mass is 395 g/mol. The number of likely N-dealkylation sites (N-methyl/N-ethyl adjacent to an activating group) is 1. The number of aromatic nitrogens is 2. The molecule has 2 aromatic rings. The van der Waals surface area contributed by atoms with Crippen molar-refractivity contribution in [2.45, 2.75) is 32.6 Å². The number of rotatable bonds is 6. The number of hydrogen-bond donors (Lipinski definition) is 0. The van der Waals surface area contributed by atoms with Crippen LogP contribution in [0.3, 0.4) is 0 Å². The van der Waals surface area contributed by atoms with E-state index in [1.807, 2.05) is 16.6 Å². The molecule has 1 amide bonds. The van der Waals surface area contributed by atoms with Crippen molar-refractivity contribution in [1.29, 1.82) is 0 Å². The minimum Gasteiger partial charge on any atom is -0.340 e. The summed E-state index contributed by atoms with van der Waals surface area (Å²) in [6.07, 6.45) is 4.06. The molecule has 0 bridgehead atoms. The molecule has 0 N–H and O–H groups in total. The zero-order valence-electron chi connectivity index (χ0n) is 18.0. The third-order valence-corrected chi connectivity index (χ3v) is 6.32. The van der Waals surface area contributed by atoms with Crippen LogP contribution in [0.2, 0.25) is 0 Å². The molecule has 6 nitrogen and oxygen atoms in total. The number of benzene rings is 1. The summed E-state index contributed by atoms with van der Waals surface area (Å²) in [6, 6.07) is 8.39. The maximum Gasteiger partial charge on any atom is 0.274 e. The Kier molecular flexibility index (Phi) is 6.01. The van der Waals surface area contributed by atoms with Gasteiger partial charge in [0.1, 0.15) is 0 Å². The van der Waals surface area contributed by atoms with E-state index < -0.39 is 0 Å². The summed E-state index contributed by atoms with van der Waals surface area (Å²) in [6.45, 7) is 8.45. The number of carbonyl (C=O) groups excluding carboxylic acids is 1. The van der Waals surface area contributed by atoms with Gasteiger partial charge in [-0.05, 0) is 58.3 Å². The standard InChI is InChI=1S/C23H33N5O/c1-18-8-10-19(11-9-18)28-21-7-4-6-20(21)22(24-28)23(29)26(3)12-5-13-27-16-14-25(2)15-17-27/h8-11H,4-7,12-17H2,1-3H3. The molecule has 156 valence electrons. The summed E-state index contributed by atoms with van der Waals surface area (Å²) in [5.74, 6) is 0.0624. The van der Waals surface area contributed by atoms with Gasteiger partial charge in [-0.3, -0.25) is 4.79 Å². The topological polar surface area (TPSA) is 44.6 Å². The molecule has 0 saturated carbocycles. The quantitative estimate of drug-likeness (QED) is 0.753. The lowest BCUT2D eigenvalue weighted by atomic mass is 10.2. The van der Waals surface area contributed by atoms with E-state index in [9.17, 15) is 4.79 Å². The highest BCUT2D eigenvalue weighted by molar-refractivity contribution is 5.94. The van der Waals surface area contributed by atoms with Gasteiger partial charge < -0.3 is 14.7 Å². The Morgan fingerprint density at radius 2 is 1.83 bits per heavy atom. The maximum atomic E-state index is 13.2. The Morgan fingerprint density at radius 3 is 2.55 bits per heavy atom. The van der Waals surface area contributed by atoms with Crippen LogP contribution < -0.4 is 0 Å². The van der Waals surface area contributed by atoms with Gasteiger partial charge in [0.15, 0.2) is 5.69 Å². The number of hydrogen-bond acceptors (Lipinski definition) is 4. The second kappa shape index (κ2) is 8.67. The molecule has 0 spiro atoms. The van der Waals surface area contributed by atoms with Crippen molar-refractivity contribution in [3.63, 3.8) is 0 Å². The molecule has 1 saturated heterocycles. The van der Waals surface area contributed by atoms with E-state index in [-0.39, 0.29) is 5.91 Å². The first-order valence-corrected chi connectivity index (χ1v) is 10.9. The van der Waals surface area contributed by atoms with E-state index in [0.717, 1.165) is 76.2 Å². The van der Waals surface area contributed by atoms with Crippen molar-refractivity contribution in [2.24, 2.45) is 0 Å². The molecule has 0 unspecified atom stereocenters. The molecule has 0 radical (unpaired) electrons. The fourth-order valence-electron chi connectivity index (χ4n) is 4.39. The number of piperazine rings is 1. The number of carbonyl (C=O) groups is 1. The highest BCUT2D eigenvalue weighted by Crippen LogP contribution is 2.28. The highest BCUT2D eigenvalue weighted by Gasteiger charge is 2.28. The molecule has 6 heteroatoms. The molecule has 4 rings (SSSR count). The van der Waals surface area contributed by atoms with Gasteiger partial charge in [-0.1, -0.05) is 17.7 Å². The van der Waals surface area contributed by atoms with Crippen molar-refractivity contribution >= 4 is 5.91 Å². The second-order valence-electron chi connectivity index (χ2n) is 8.60. The van der Waals surface area contributed by atoms with E-state index >= 15 is 0 Å².